The van der Waals surface area contributed by atoms with Gasteiger partial charge in [0.1, 0.15) is 5.71 Å². The Hall–Kier alpha value is -3.40. The fourth-order valence-corrected chi connectivity index (χ4v) is 2.32. The summed E-state index contributed by atoms with van der Waals surface area (Å²) in [6.07, 6.45) is 3.42. The van der Waals surface area contributed by atoms with Crippen molar-refractivity contribution in [3.05, 3.63) is 102 Å². The molecule has 2 aromatic carbocycles. The summed E-state index contributed by atoms with van der Waals surface area (Å²) in [6, 6.07) is 22.2. The topological polar surface area (TPSA) is 54.7 Å². The smallest absolute Gasteiger partial charge is 0.213 e. The molecule has 122 valence electrons. The highest BCUT2D eigenvalue weighted by Crippen LogP contribution is 2.10. The summed E-state index contributed by atoms with van der Waals surface area (Å²) in [5.41, 5.74) is 3.20. The number of rotatable bonds is 5. The number of nitrogens with zero attached hydrogens (tertiary/aromatic N) is 3. The first-order chi connectivity index (χ1) is 12.3. The predicted molar refractivity (Wildman–Crippen MR) is 100 cm³/mol. The van der Waals surface area contributed by atoms with Gasteiger partial charge in [-0.15, -0.1) is 5.10 Å². The van der Waals surface area contributed by atoms with Gasteiger partial charge >= 0.3 is 0 Å². The highest BCUT2D eigenvalue weighted by Gasteiger charge is 2.16. The molecule has 0 spiro atoms. The number of carbonyl (C=O) groups is 1. The average molecular weight is 327 g/mol. The Labute approximate surface area is 146 Å². The molecule has 0 radical (unpaired) electrons. The summed E-state index contributed by atoms with van der Waals surface area (Å²) in [4.78, 5) is 17.0. The highest BCUT2D eigenvalue weighted by molar-refractivity contribution is 6.51. The van der Waals surface area contributed by atoms with E-state index in [4.69, 9.17) is 0 Å². The van der Waals surface area contributed by atoms with Gasteiger partial charge in [0.05, 0.1) is 5.71 Å². The van der Waals surface area contributed by atoms with Crippen LogP contribution in [-0.2, 0) is 0 Å². The third-order valence-corrected chi connectivity index (χ3v) is 3.68. The summed E-state index contributed by atoms with van der Waals surface area (Å²) in [5.74, 6) is -0.158. The van der Waals surface area contributed by atoms with Gasteiger partial charge in [-0.25, -0.2) is 0 Å². The van der Waals surface area contributed by atoms with E-state index in [1.54, 1.807) is 24.5 Å². The van der Waals surface area contributed by atoms with Crippen molar-refractivity contribution in [2.24, 2.45) is 10.2 Å². The van der Waals surface area contributed by atoms with Crippen molar-refractivity contribution in [1.82, 2.24) is 4.98 Å². The minimum absolute atomic E-state index is 0.158. The van der Waals surface area contributed by atoms with Gasteiger partial charge in [0.2, 0.25) is 5.78 Å². The number of carbonyl (C=O) groups excluding carboxylic acids is 1. The van der Waals surface area contributed by atoms with Gasteiger partial charge in [-0.05, 0) is 13.0 Å². The van der Waals surface area contributed by atoms with Gasteiger partial charge in [0.25, 0.3) is 0 Å². The van der Waals surface area contributed by atoms with Gasteiger partial charge in [-0.2, -0.15) is 5.10 Å². The quantitative estimate of drug-likeness (QED) is 0.401. The zero-order chi connectivity index (χ0) is 17.5. The molecule has 0 atom stereocenters. The molecular weight excluding hydrogens is 310 g/mol. The fraction of sp³-hybridized carbons (Fsp3) is 0.0476. The summed E-state index contributed by atoms with van der Waals surface area (Å²) >= 11 is 0. The Balaban J connectivity index is 2.01. The lowest BCUT2D eigenvalue weighted by molar-refractivity contribution is 0.106. The lowest BCUT2D eigenvalue weighted by Gasteiger charge is -2.05. The maximum atomic E-state index is 12.9. The average Bonchev–Trinajstić information content (AvgIpc) is 2.70. The lowest BCUT2D eigenvalue weighted by atomic mass is 10.0. The molecule has 0 amide bonds. The number of benzene rings is 2. The van der Waals surface area contributed by atoms with Gasteiger partial charge in [-0.1, -0.05) is 66.7 Å². The van der Waals surface area contributed by atoms with Gasteiger partial charge in [-0.3, -0.25) is 9.78 Å². The molecule has 0 aliphatic heterocycles. The molecule has 0 saturated heterocycles. The summed E-state index contributed by atoms with van der Waals surface area (Å²) < 4.78 is 0. The van der Waals surface area contributed by atoms with E-state index < -0.39 is 0 Å². The maximum absolute atomic E-state index is 12.9. The number of hydrogen-bond acceptors (Lipinski definition) is 4. The number of ketones is 1. The zero-order valence-corrected chi connectivity index (χ0v) is 13.8. The van der Waals surface area contributed by atoms with E-state index in [1.165, 1.54) is 0 Å². The highest BCUT2D eigenvalue weighted by atomic mass is 16.1. The van der Waals surface area contributed by atoms with E-state index >= 15 is 0 Å². The van der Waals surface area contributed by atoms with Crippen molar-refractivity contribution in [2.75, 3.05) is 0 Å². The number of pyridine rings is 1. The second-order valence-corrected chi connectivity index (χ2v) is 5.44. The summed E-state index contributed by atoms with van der Waals surface area (Å²) in [5, 5.41) is 8.54. The van der Waals surface area contributed by atoms with Crippen LogP contribution in [0.4, 0.5) is 0 Å². The SMILES string of the molecule is C/C(=N\N=C(\C(=O)c1ccccc1)c1ccccc1)c1cccnc1. The van der Waals surface area contributed by atoms with Crippen molar-refractivity contribution < 1.29 is 4.79 Å². The van der Waals surface area contributed by atoms with Crippen LogP contribution in [0.1, 0.15) is 28.4 Å². The van der Waals surface area contributed by atoms with Gasteiger partial charge in [0.15, 0.2) is 0 Å². The number of Topliss-reactive ketones (excluding diaryl/α,β-unsaturated/α-hetero) is 1. The standard InChI is InChI=1S/C21H17N3O/c1-16(19-13-8-14-22-15-19)23-24-20(17-9-4-2-5-10-17)21(25)18-11-6-3-7-12-18/h2-15H,1H3/b23-16+,24-20+. The molecule has 0 aliphatic carbocycles. The molecule has 0 N–H and O–H groups in total. The first kappa shape index (κ1) is 16.5. The molecule has 0 bridgehead atoms. The third-order valence-electron chi connectivity index (χ3n) is 3.68. The van der Waals surface area contributed by atoms with E-state index in [1.807, 2.05) is 67.6 Å². The number of hydrogen-bond donors (Lipinski definition) is 0. The molecule has 4 heteroatoms. The van der Waals surface area contributed by atoms with Crippen LogP contribution in [-0.4, -0.2) is 22.2 Å². The largest absolute Gasteiger partial charge is 0.287 e. The molecule has 0 unspecified atom stereocenters. The van der Waals surface area contributed by atoms with E-state index in [-0.39, 0.29) is 5.78 Å². The van der Waals surface area contributed by atoms with Crippen LogP contribution < -0.4 is 0 Å². The first-order valence-corrected chi connectivity index (χ1v) is 7.93. The first-order valence-electron chi connectivity index (χ1n) is 7.93. The molecule has 0 saturated carbocycles. The van der Waals surface area contributed by atoms with Crippen molar-refractivity contribution >= 4 is 17.2 Å². The molecule has 0 aliphatic rings. The van der Waals surface area contributed by atoms with Crippen molar-refractivity contribution in [2.45, 2.75) is 6.92 Å². The Morgan fingerprint density at radius 1 is 0.760 bits per heavy atom. The second kappa shape index (κ2) is 7.93. The van der Waals surface area contributed by atoms with Crippen LogP contribution in [0.2, 0.25) is 0 Å². The second-order valence-electron chi connectivity index (χ2n) is 5.44. The van der Waals surface area contributed by atoms with Crippen LogP contribution >= 0.6 is 0 Å². The fourth-order valence-electron chi connectivity index (χ4n) is 2.32. The molecule has 3 rings (SSSR count). The maximum Gasteiger partial charge on any atom is 0.213 e. The lowest BCUT2D eigenvalue weighted by Crippen LogP contribution is -2.15. The van der Waals surface area contributed by atoms with Gasteiger partial charge < -0.3 is 0 Å². The van der Waals surface area contributed by atoms with Crippen LogP contribution in [0.25, 0.3) is 0 Å². The molecule has 0 fully saturated rings. The summed E-state index contributed by atoms with van der Waals surface area (Å²) in [6.45, 7) is 1.84. The molecule has 1 aromatic heterocycles. The molecule has 4 nitrogen and oxygen atoms in total. The number of aromatic nitrogens is 1. The molecule has 1 heterocycles. The Kier molecular flexibility index (Phi) is 5.22. The van der Waals surface area contributed by atoms with Gasteiger partial charge in [0, 0.05) is 29.1 Å². The van der Waals surface area contributed by atoms with E-state index in [0.717, 1.165) is 11.1 Å². The van der Waals surface area contributed by atoms with Crippen molar-refractivity contribution in [1.29, 1.82) is 0 Å². The van der Waals surface area contributed by atoms with Crippen LogP contribution in [0.15, 0.2) is 95.4 Å². The monoisotopic (exact) mass is 327 g/mol. The van der Waals surface area contributed by atoms with Crippen molar-refractivity contribution in [3.63, 3.8) is 0 Å². The van der Waals surface area contributed by atoms with E-state index in [9.17, 15) is 4.79 Å². The third kappa shape index (κ3) is 4.12. The Bertz CT molecular complexity index is 902. The van der Waals surface area contributed by atoms with E-state index in [0.29, 0.717) is 17.0 Å². The Morgan fingerprint density at radius 2 is 1.36 bits per heavy atom. The minimum atomic E-state index is -0.158. The van der Waals surface area contributed by atoms with Crippen LogP contribution in [0, 0.1) is 0 Å². The molecule has 3 aromatic rings. The van der Waals surface area contributed by atoms with E-state index in [2.05, 4.69) is 15.2 Å². The van der Waals surface area contributed by atoms with Crippen LogP contribution in [0.5, 0.6) is 0 Å². The van der Waals surface area contributed by atoms with Crippen molar-refractivity contribution in [3.8, 4) is 0 Å². The zero-order valence-electron chi connectivity index (χ0n) is 13.8. The summed E-state index contributed by atoms with van der Waals surface area (Å²) in [7, 11) is 0. The van der Waals surface area contributed by atoms with Crippen LogP contribution in [0.3, 0.4) is 0 Å². The molecule has 25 heavy (non-hydrogen) atoms. The minimum Gasteiger partial charge on any atom is -0.287 e. The predicted octanol–water partition coefficient (Wildman–Crippen LogP) is 4.18. The molecular formula is C21H17N3O. The normalized spacial score (nSPS) is 12.0. The Morgan fingerprint density at radius 3 is 1.96 bits per heavy atom.